The van der Waals surface area contributed by atoms with Crippen LogP contribution in [-0.2, 0) is 11.2 Å². The quantitative estimate of drug-likeness (QED) is 0.578. The molecule has 0 aliphatic rings. The van der Waals surface area contributed by atoms with Gasteiger partial charge < -0.3 is 4.98 Å². The van der Waals surface area contributed by atoms with Gasteiger partial charge in [-0.15, -0.1) is 0 Å². The van der Waals surface area contributed by atoms with Crippen LogP contribution in [0.3, 0.4) is 0 Å². The summed E-state index contributed by atoms with van der Waals surface area (Å²) in [5, 5.41) is 1.19. The van der Waals surface area contributed by atoms with Crippen LogP contribution in [0, 0.1) is 0 Å². The van der Waals surface area contributed by atoms with Crippen LogP contribution in [0.4, 0.5) is 0 Å². The molecule has 1 aromatic carbocycles. The summed E-state index contributed by atoms with van der Waals surface area (Å²) < 4.78 is 0. The Hall–Kier alpha value is -1.86. The molecule has 0 saturated heterocycles. The van der Waals surface area contributed by atoms with E-state index in [9.17, 15) is 4.79 Å². The molecule has 0 fully saturated rings. The number of benzene rings is 1. The lowest BCUT2D eigenvalue weighted by Crippen LogP contribution is -1.88. The lowest BCUT2D eigenvalue weighted by Gasteiger charge is -1.97. The highest BCUT2D eigenvalue weighted by Crippen LogP contribution is 2.14. The van der Waals surface area contributed by atoms with Crippen LogP contribution < -0.4 is 0 Å². The van der Waals surface area contributed by atoms with Gasteiger partial charge in [0.15, 0.2) is 0 Å². The summed E-state index contributed by atoms with van der Waals surface area (Å²) in [7, 11) is 0. The number of nitrogens with one attached hydrogen (secondary N) is 1. The first-order valence-electron chi connectivity index (χ1n) is 4.50. The number of H-pyrrole nitrogens is 1. The molecular weight excluding hydrogens is 176 g/mol. The Kier molecular flexibility index (Phi) is 2.43. The smallest absolute Gasteiger partial charge is 0.234 e. The molecule has 0 spiro atoms. The molecule has 3 nitrogen and oxygen atoms in total. The number of hydrogen-bond acceptors (Lipinski definition) is 2. The van der Waals surface area contributed by atoms with Crippen LogP contribution in [-0.4, -0.2) is 17.6 Å². The summed E-state index contributed by atoms with van der Waals surface area (Å²) >= 11 is 0. The molecule has 0 amide bonds. The maximum absolute atomic E-state index is 9.87. The average molecular weight is 186 g/mol. The molecule has 0 saturated carbocycles. The number of aromatic amines is 1. The third kappa shape index (κ3) is 1.73. The van der Waals surface area contributed by atoms with Crippen molar-refractivity contribution in [3.05, 3.63) is 36.0 Å². The fourth-order valence-corrected chi connectivity index (χ4v) is 1.49. The summed E-state index contributed by atoms with van der Waals surface area (Å²) in [4.78, 5) is 16.5. The van der Waals surface area contributed by atoms with E-state index in [1.165, 1.54) is 17.0 Å². The molecule has 70 valence electrons. The van der Waals surface area contributed by atoms with Gasteiger partial charge in [-0.05, 0) is 35.6 Å². The van der Waals surface area contributed by atoms with Crippen molar-refractivity contribution in [3.8, 4) is 0 Å². The predicted molar refractivity (Wildman–Crippen MR) is 55.0 cm³/mol. The molecule has 0 bridgehead atoms. The van der Waals surface area contributed by atoms with Crippen LogP contribution in [0.1, 0.15) is 5.56 Å². The summed E-state index contributed by atoms with van der Waals surface area (Å²) in [6, 6.07) is 8.21. The molecule has 0 aliphatic heterocycles. The van der Waals surface area contributed by atoms with E-state index in [1.54, 1.807) is 0 Å². The van der Waals surface area contributed by atoms with Crippen LogP contribution in [0.15, 0.2) is 35.5 Å². The number of nitrogens with zero attached hydrogens (tertiary/aromatic N) is 1. The molecule has 3 heteroatoms. The number of fused-ring (bicyclic) bond motifs is 1. The lowest BCUT2D eigenvalue weighted by atomic mass is 10.1. The number of rotatable bonds is 3. The van der Waals surface area contributed by atoms with Gasteiger partial charge in [-0.2, -0.15) is 0 Å². The minimum atomic E-state index is 0.513. The van der Waals surface area contributed by atoms with Crippen molar-refractivity contribution in [2.45, 2.75) is 6.42 Å². The van der Waals surface area contributed by atoms with Gasteiger partial charge in [-0.25, -0.2) is 9.79 Å². The summed E-state index contributed by atoms with van der Waals surface area (Å²) in [5.74, 6) is 0. The van der Waals surface area contributed by atoms with E-state index in [1.807, 2.05) is 24.4 Å². The third-order valence-corrected chi connectivity index (χ3v) is 2.19. The van der Waals surface area contributed by atoms with Gasteiger partial charge in [0.2, 0.25) is 6.08 Å². The second-order valence-corrected chi connectivity index (χ2v) is 3.12. The number of aromatic nitrogens is 1. The van der Waals surface area contributed by atoms with Gasteiger partial charge in [0.05, 0.1) is 6.54 Å². The van der Waals surface area contributed by atoms with E-state index in [4.69, 9.17) is 0 Å². The zero-order chi connectivity index (χ0) is 9.80. The standard InChI is InChI=1S/C11H10N2O/c14-8-12-5-3-9-1-2-11-10(7-9)4-6-13-11/h1-2,4,6-7,13H,3,5H2. The molecule has 0 atom stereocenters. The first-order chi connectivity index (χ1) is 6.90. The van der Waals surface area contributed by atoms with Gasteiger partial charge in [-0.1, -0.05) is 6.07 Å². The van der Waals surface area contributed by atoms with E-state index in [0.717, 1.165) is 11.9 Å². The minimum Gasteiger partial charge on any atom is -0.361 e. The van der Waals surface area contributed by atoms with Gasteiger partial charge >= 0.3 is 0 Å². The number of isocyanates is 1. The summed E-state index contributed by atoms with van der Waals surface area (Å²) in [6.45, 7) is 0.513. The molecular formula is C11H10N2O. The third-order valence-electron chi connectivity index (χ3n) is 2.19. The molecule has 1 heterocycles. The van der Waals surface area contributed by atoms with Crippen molar-refractivity contribution in [1.29, 1.82) is 0 Å². The van der Waals surface area contributed by atoms with Crippen LogP contribution in [0.2, 0.25) is 0 Å². The summed E-state index contributed by atoms with van der Waals surface area (Å²) in [5.41, 5.74) is 2.32. The van der Waals surface area contributed by atoms with Gasteiger partial charge in [0.1, 0.15) is 0 Å². The molecule has 0 radical (unpaired) electrons. The second kappa shape index (κ2) is 3.90. The van der Waals surface area contributed by atoms with Gasteiger partial charge in [0, 0.05) is 11.7 Å². The van der Waals surface area contributed by atoms with Gasteiger partial charge in [0.25, 0.3) is 0 Å². The van der Waals surface area contributed by atoms with E-state index in [2.05, 4.69) is 16.0 Å². The van der Waals surface area contributed by atoms with Crippen molar-refractivity contribution in [2.75, 3.05) is 6.54 Å². The maximum atomic E-state index is 9.87. The van der Waals surface area contributed by atoms with Crippen molar-refractivity contribution < 1.29 is 4.79 Å². The summed E-state index contributed by atoms with van der Waals surface area (Å²) in [6.07, 6.45) is 4.24. The Morgan fingerprint density at radius 3 is 3.14 bits per heavy atom. The Balaban J connectivity index is 2.21. The lowest BCUT2D eigenvalue weighted by molar-refractivity contribution is 0.563. The highest BCUT2D eigenvalue weighted by atomic mass is 16.1. The first kappa shape index (κ1) is 8.73. The Bertz CT molecular complexity index is 481. The van der Waals surface area contributed by atoms with Crippen LogP contribution >= 0.6 is 0 Å². The van der Waals surface area contributed by atoms with E-state index in [0.29, 0.717) is 6.54 Å². The van der Waals surface area contributed by atoms with E-state index < -0.39 is 0 Å². The number of hydrogen-bond donors (Lipinski definition) is 1. The topological polar surface area (TPSA) is 45.2 Å². The predicted octanol–water partition coefficient (Wildman–Crippen LogP) is 2.05. The highest BCUT2D eigenvalue weighted by Gasteiger charge is 1.96. The van der Waals surface area contributed by atoms with Crippen LogP contribution in [0.5, 0.6) is 0 Å². The van der Waals surface area contributed by atoms with Crippen molar-refractivity contribution in [2.24, 2.45) is 4.99 Å². The Morgan fingerprint density at radius 2 is 2.29 bits per heavy atom. The van der Waals surface area contributed by atoms with Crippen LogP contribution in [0.25, 0.3) is 10.9 Å². The van der Waals surface area contributed by atoms with E-state index in [-0.39, 0.29) is 0 Å². The molecule has 1 N–H and O–H groups in total. The minimum absolute atomic E-state index is 0.513. The number of aliphatic imine (C=N–C) groups is 1. The van der Waals surface area contributed by atoms with Crippen molar-refractivity contribution in [3.63, 3.8) is 0 Å². The van der Waals surface area contributed by atoms with E-state index >= 15 is 0 Å². The highest BCUT2D eigenvalue weighted by molar-refractivity contribution is 5.79. The monoisotopic (exact) mass is 186 g/mol. The molecule has 1 aromatic heterocycles. The van der Waals surface area contributed by atoms with Gasteiger partial charge in [-0.3, -0.25) is 0 Å². The molecule has 2 rings (SSSR count). The second-order valence-electron chi connectivity index (χ2n) is 3.12. The first-order valence-corrected chi connectivity index (χ1v) is 4.50. The normalized spacial score (nSPS) is 10.0. The molecule has 14 heavy (non-hydrogen) atoms. The Morgan fingerprint density at radius 1 is 1.36 bits per heavy atom. The fourth-order valence-electron chi connectivity index (χ4n) is 1.49. The average Bonchev–Trinajstić information content (AvgIpc) is 2.65. The maximum Gasteiger partial charge on any atom is 0.234 e. The SMILES string of the molecule is O=C=NCCc1ccc2[nH]ccc2c1. The molecule has 2 aromatic rings. The Labute approximate surface area is 81.5 Å². The molecule has 0 unspecified atom stereocenters. The number of carbonyl (C=O) groups excluding carboxylic acids is 1. The van der Waals surface area contributed by atoms with Crippen molar-refractivity contribution >= 4 is 17.0 Å². The zero-order valence-electron chi connectivity index (χ0n) is 7.66. The van der Waals surface area contributed by atoms with Crippen molar-refractivity contribution in [1.82, 2.24) is 4.98 Å². The zero-order valence-corrected chi connectivity index (χ0v) is 7.66. The largest absolute Gasteiger partial charge is 0.361 e. The fraction of sp³-hybridized carbons (Fsp3) is 0.182. The molecule has 0 aliphatic carbocycles.